The number of ether oxygens (including phenoxy) is 1. The summed E-state index contributed by atoms with van der Waals surface area (Å²) in [5, 5.41) is 2.75. The fourth-order valence-electron chi connectivity index (χ4n) is 2.26. The molecule has 1 saturated heterocycles. The Bertz CT molecular complexity index is 575. The first kappa shape index (κ1) is 22.5. The van der Waals surface area contributed by atoms with Gasteiger partial charge in [-0.15, -0.1) is 0 Å². The van der Waals surface area contributed by atoms with Crippen molar-refractivity contribution in [1.29, 1.82) is 0 Å². The van der Waals surface area contributed by atoms with E-state index in [-0.39, 0.29) is 18.3 Å². The molecule has 0 radical (unpaired) electrons. The SMILES string of the molecule is CC.CC(C)(C)OC(=O)NCc1ccc(B2OC(C)(C)C(C)(C)O2)cc1. The Morgan fingerprint density at radius 1 is 1.04 bits per heavy atom. The number of alkyl carbamates (subject to hydrolysis) is 1. The summed E-state index contributed by atoms with van der Waals surface area (Å²) < 4.78 is 17.3. The fraction of sp³-hybridized carbons (Fsp3) is 0.650. The van der Waals surface area contributed by atoms with E-state index in [0.717, 1.165) is 11.0 Å². The Balaban J connectivity index is 0.00000163. The number of carbonyl (C=O) groups is 1. The summed E-state index contributed by atoms with van der Waals surface area (Å²) >= 11 is 0. The van der Waals surface area contributed by atoms with E-state index >= 15 is 0 Å². The van der Waals surface area contributed by atoms with Crippen molar-refractivity contribution in [2.45, 2.75) is 85.7 Å². The second kappa shape index (κ2) is 8.44. The van der Waals surface area contributed by atoms with Gasteiger partial charge in [-0.1, -0.05) is 38.1 Å². The lowest BCUT2D eigenvalue weighted by Crippen LogP contribution is -2.41. The molecule has 0 unspecified atom stereocenters. The zero-order valence-corrected chi connectivity index (χ0v) is 17.7. The number of hydrogen-bond donors (Lipinski definition) is 1. The Labute approximate surface area is 158 Å². The first-order valence-electron chi connectivity index (χ1n) is 9.31. The second-order valence-electron chi connectivity index (χ2n) is 8.19. The minimum atomic E-state index is -0.495. The number of nitrogens with one attached hydrogen (secondary N) is 1. The van der Waals surface area contributed by atoms with Gasteiger partial charge >= 0.3 is 13.2 Å². The molecule has 1 amide bonds. The molecule has 0 aliphatic carbocycles. The highest BCUT2D eigenvalue weighted by atomic mass is 16.7. The molecule has 1 aromatic carbocycles. The van der Waals surface area contributed by atoms with Crippen molar-refractivity contribution in [2.75, 3.05) is 0 Å². The number of hydrogen-bond acceptors (Lipinski definition) is 4. The molecular weight excluding hydrogens is 329 g/mol. The van der Waals surface area contributed by atoms with Gasteiger partial charge in [0.05, 0.1) is 11.2 Å². The van der Waals surface area contributed by atoms with Gasteiger partial charge in [0, 0.05) is 6.54 Å². The first-order chi connectivity index (χ1) is 11.9. The van der Waals surface area contributed by atoms with Gasteiger partial charge in [-0.25, -0.2) is 4.79 Å². The van der Waals surface area contributed by atoms with E-state index in [0.29, 0.717) is 6.54 Å². The molecule has 0 saturated carbocycles. The molecule has 0 aromatic heterocycles. The van der Waals surface area contributed by atoms with Crippen molar-refractivity contribution in [3.05, 3.63) is 29.8 Å². The Morgan fingerprint density at radius 2 is 1.50 bits per heavy atom. The van der Waals surface area contributed by atoms with E-state index in [1.54, 1.807) is 0 Å². The van der Waals surface area contributed by atoms with Crippen molar-refractivity contribution in [2.24, 2.45) is 0 Å². The third-order valence-electron chi connectivity index (χ3n) is 4.34. The molecule has 0 bridgehead atoms. The number of amides is 1. The standard InChI is InChI=1S/C18H28BNO4.C2H6/c1-16(2,3)22-15(21)20-12-13-8-10-14(11-9-13)19-23-17(4,5)18(6,7)24-19;1-2/h8-11H,12H2,1-7H3,(H,20,21);1-2H3. The summed E-state index contributed by atoms with van der Waals surface area (Å²) in [6.07, 6.45) is -0.419. The lowest BCUT2D eigenvalue weighted by atomic mass is 9.79. The highest BCUT2D eigenvalue weighted by Crippen LogP contribution is 2.36. The van der Waals surface area contributed by atoms with Crippen molar-refractivity contribution in [1.82, 2.24) is 5.32 Å². The molecule has 6 heteroatoms. The van der Waals surface area contributed by atoms with E-state index < -0.39 is 11.7 Å². The van der Waals surface area contributed by atoms with Crippen LogP contribution in [0.2, 0.25) is 0 Å². The van der Waals surface area contributed by atoms with Crippen LogP contribution < -0.4 is 10.8 Å². The van der Waals surface area contributed by atoms with Crippen molar-refractivity contribution >= 4 is 18.7 Å². The summed E-state index contributed by atoms with van der Waals surface area (Å²) in [6, 6.07) is 7.85. The molecule has 1 heterocycles. The summed E-state index contributed by atoms with van der Waals surface area (Å²) in [6.45, 7) is 18.1. The molecule has 1 aromatic rings. The largest absolute Gasteiger partial charge is 0.494 e. The summed E-state index contributed by atoms with van der Waals surface area (Å²) in [7, 11) is -0.372. The van der Waals surface area contributed by atoms with Gasteiger partial charge < -0.3 is 19.4 Å². The van der Waals surface area contributed by atoms with E-state index in [1.807, 2.05) is 86.6 Å². The molecule has 1 aliphatic heterocycles. The zero-order valence-electron chi connectivity index (χ0n) is 17.7. The van der Waals surface area contributed by atoms with Crippen LogP contribution in [-0.2, 0) is 20.6 Å². The molecule has 26 heavy (non-hydrogen) atoms. The van der Waals surface area contributed by atoms with Crippen LogP contribution >= 0.6 is 0 Å². The Morgan fingerprint density at radius 3 is 1.92 bits per heavy atom. The first-order valence-corrected chi connectivity index (χ1v) is 9.31. The summed E-state index contributed by atoms with van der Waals surface area (Å²) in [5.74, 6) is 0. The third-order valence-corrected chi connectivity index (χ3v) is 4.34. The highest BCUT2D eigenvalue weighted by molar-refractivity contribution is 6.62. The van der Waals surface area contributed by atoms with Crippen LogP contribution in [-0.4, -0.2) is 30.0 Å². The van der Waals surface area contributed by atoms with Crippen LogP contribution in [0.4, 0.5) is 4.79 Å². The molecule has 0 atom stereocenters. The quantitative estimate of drug-likeness (QED) is 0.824. The van der Waals surface area contributed by atoms with E-state index in [1.165, 1.54) is 0 Å². The lowest BCUT2D eigenvalue weighted by Gasteiger charge is -2.32. The summed E-state index contributed by atoms with van der Waals surface area (Å²) in [4.78, 5) is 11.7. The molecule has 2 rings (SSSR count). The van der Waals surface area contributed by atoms with Crippen molar-refractivity contribution in [3.63, 3.8) is 0 Å². The van der Waals surface area contributed by atoms with Gasteiger partial charge in [0.25, 0.3) is 0 Å². The van der Waals surface area contributed by atoms with E-state index in [9.17, 15) is 4.79 Å². The van der Waals surface area contributed by atoms with E-state index in [2.05, 4.69) is 5.32 Å². The van der Waals surface area contributed by atoms with Crippen LogP contribution in [0.1, 0.15) is 67.9 Å². The maximum atomic E-state index is 11.7. The smallest absolute Gasteiger partial charge is 0.444 e. The second-order valence-corrected chi connectivity index (χ2v) is 8.19. The minimum absolute atomic E-state index is 0.353. The molecule has 1 aliphatic rings. The monoisotopic (exact) mass is 363 g/mol. The fourth-order valence-corrected chi connectivity index (χ4v) is 2.26. The average Bonchev–Trinajstić information content (AvgIpc) is 2.74. The summed E-state index contributed by atoms with van der Waals surface area (Å²) in [5.41, 5.74) is 0.754. The maximum absolute atomic E-state index is 11.7. The molecule has 146 valence electrons. The Hall–Kier alpha value is -1.53. The van der Waals surface area contributed by atoms with Gasteiger partial charge in [-0.05, 0) is 59.5 Å². The van der Waals surface area contributed by atoms with Crippen LogP contribution in [0.25, 0.3) is 0 Å². The number of carbonyl (C=O) groups excluding carboxylic acids is 1. The molecule has 5 nitrogen and oxygen atoms in total. The van der Waals surface area contributed by atoms with E-state index in [4.69, 9.17) is 14.0 Å². The van der Waals surface area contributed by atoms with Crippen LogP contribution in [0.15, 0.2) is 24.3 Å². The molecule has 0 spiro atoms. The average molecular weight is 363 g/mol. The lowest BCUT2D eigenvalue weighted by molar-refractivity contribution is 0.00578. The third kappa shape index (κ3) is 6.03. The van der Waals surface area contributed by atoms with Gasteiger partial charge in [0.2, 0.25) is 0 Å². The predicted octanol–water partition coefficient (Wildman–Crippen LogP) is 4.04. The topological polar surface area (TPSA) is 56.8 Å². The van der Waals surface area contributed by atoms with Crippen molar-refractivity contribution < 1.29 is 18.8 Å². The number of benzene rings is 1. The van der Waals surface area contributed by atoms with Gasteiger partial charge in [0.1, 0.15) is 5.60 Å². The molecule has 1 N–H and O–H groups in total. The van der Waals surface area contributed by atoms with Crippen LogP contribution in [0.3, 0.4) is 0 Å². The number of rotatable bonds is 3. The van der Waals surface area contributed by atoms with Gasteiger partial charge in [-0.3, -0.25) is 0 Å². The maximum Gasteiger partial charge on any atom is 0.494 e. The zero-order chi connectivity index (χ0) is 20.2. The molecular formula is C20H34BNO4. The predicted molar refractivity (Wildman–Crippen MR) is 107 cm³/mol. The van der Waals surface area contributed by atoms with Gasteiger partial charge in [0.15, 0.2) is 0 Å². The normalized spacial score (nSPS) is 18.0. The highest BCUT2D eigenvalue weighted by Gasteiger charge is 2.51. The minimum Gasteiger partial charge on any atom is -0.444 e. The molecule has 1 fully saturated rings. The van der Waals surface area contributed by atoms with Crippen molar-refractivity contribution in [3.8, 4) is 0 Å². The van der Waals surface area contributed by atoms with Crippen LogP contribution in [0, 0.1) is 0 Å². The van der Waals surface area contributed by atoms with Crippen LogP contribution in [0.5, 0.6) is 0 Å². The van der Waals surface area contributed by atoms with Gasteiger partial charge in [-0.2, -0.15) is 0 Å². The Kier molecular flexibility index (Phi) is 7.31.